The molecule has 2 fully saturated rings. The second kappa shape index (κ2) is 10.7. The lowest BCUT2D eigenvalue weighted by Crippen LogP contribution is -2.61. The Hall–Kier alpha value is -3.69. The van der Waals surface area contributed by atoms with Gasteiger partial charge in [-0.15, -0.1) is 0 Å². The fourth-order valence-corrected chi connectivity index (χ4v) is 5.56. The fourth-order valence-electron chi connectivity index (χ4n) is 4.80. The van der Waals surface area contributed by atoms with E-state index in [2.05, 4.69) is 15.3 Å². The number of aromatic nitrogens is 2. The number of nitrogens with one attached hydrogen (secondary N) is 1. The molecule has 2 aromatic rings. The van der Waals surface area contributed by atoms with E-state index in [1.165, 1.54) is 12.1 Å². The highest BCUT2D eigenvalue weighted by Crippen LogP contribution is 2.34. The molecule has 4 rings (SSSR count). The molecule has 0 bridgehead atoms. The van der Waals surface area contributed by atoms with Crippen molar-refractivity contribution in [3.05, 3.63) is 41.5 Å². The van der Waals surface area contributed by atoms with E-state index in [0.717, 1.165) is 23.4 Å². The average molecular weight is 589 g/mol. The topological polar surface area (TPSA) is 136 Å². The number of hydrogen-bond acceptors (Lipinski definition) is 8. The fraction of sp³-hybridized carbons (Fsp3) is 0.500. The van der Waals surface area contributed by atoms with Crippen LogP contribution in [0, 0.1) is 11.7 Å². The number of amides is 2. The third-order valence-electron chi connectivity index (χ3n) is 6.90. The van der Waals surface area contributed by atoms with E-state index in [9.17, 15) is 35.6 Å². The van der Waals surface area contributed by atoms with Gasteiger partial charge in [0.05, 0.1) is 17.6 Å². The molecule has 2 saturated heterocycles. The molecule has 0 spiro atoms. The molecule has 2 aliphatic rings. The molecule has 1 unspecified atom stereocenters. The number of anilines is 2. The highest BCUT2D eigenvalue weighted by Gasteiger charge is 2.42. The average Bonchev–Trinajstić information content (AvgIpc) is 2.83. The van der Waals surface area contributed by atoms with Crippen molar-refractivity contribution < 1.29 is 40.7 Å². The maximum absolute atomic E-state index is 14.1. The molecule has 16 heteroatoms. The number of likely N-dealkylation sites (tertiary alicyclic amines) is 1. The van der Waals surface area contributed by atoms with Gasteiger partial charge in [-0.3, -0.25) is 4.79 Å². The number of rotatable bonds is 6. The van der Waals surface area contributed by atoms with Crippen LogP contribution in [0.15, 0.2) is 29.3 Å². The maximum Gasteiger partial charge on any atom is 0.434 e. The van der Waals surface area contributed by atoms with Gasteiger partial charge in [0.2, 0.25) is 5.95 Å². The molecule has 1 aromatic carbocycles. The van der Waals surface area contributed by atoms with Crippen molar-refractivity contribution >= 4 is 33.5 Å². The summed E-state index contributed by atoms with van der Waals surface area (Å²) < 4.78 is 80.2. The first-order chi connectivity index (χ1) is 18.6. The van der Waals surface area contributed by atoms with Crippen molar-refractivity contribution in [2.75, 3.05) is 48.8 Å². The number of halogens is 4. The number of alkyl halides is 3. The van der Waals surface area contributed by atoms with Crippen LogP contribution in [0.25, 0.3) is 0 Å². The molecule has 0 radical (unpaired) electrons. The van der Waals surface area contributed by atoms with Crippen molar-refractivity contribution in [2.24, 2.45) is 5.92 Å². The summed E-state index contributed by atoms with van der Waals surface area (Å²) in [5.74, 6) is -2.14. The lowest BCUT2D eigenvalue weighted by Gasteiger charge is -2.44. The minimum atomic E-state index is -4.96. The normalized spacial score (nSPS) is 18.6. The van der Waals surface area contributed by atoms with Gasteiger partial charge >= 0.3 is 12.3 Å². The molecule has 3 heterocycles. The van der Waals surface area contributed by atoms with Crippen molar-refractivity contribution in [3.63, 3.8) is 0 Å². The van der Waals surface area contributed by atoms with Gasteiger partial charge < -0.3 is 25.1 Å². The molecule has 2 amide bonds. The van der Waals surface area contributed by atoms with Crippen molar-refractivity contribution in [3.8, 4) is 0 Å². The quantitative estimate of drug-likeness (QED) is 0.488. The third kappa shape index (κ3) is 6.05. The molecular weight excluding hydrogens is 560 g/mol. The van der Waals surface area contributed by atoms with Gasteiger partial charge in [0.15, 0.2) is 15.5 Å². The lowest BCUT2D eigenvalue weighted by atomic mass is 9.99. The smallest absolute Gasteiger partial charge is 0.434 e. The van der Waals surface area contributed by atoms with Crippen molar-refractivity contribution in [1.82, 2.24) is 20.2 Å². The molecule has 0 saturated carbocycles. The second-order valence-electron chi connectivity index (χ2n) is 10.1. The molecular formula is C24H28F4N6O5S. The molecule has 0 aliphatic carbocycles. The van der Waals surface area contributed by atoms with E-state index in [1.54, 1.807) is 4.90 Å². The van der Waals surface area contributed by atoms with E-state index >= 15 is 0 Å². The summed E-state index contributed by atoms with van der Waals surface area (Å²) in [6, 6.07) is 2.77. The van der Waals surface area contributed by atoms with Gasteiger partial charge in [-0.1, -0.05) is 13.8 Å². The summed E-state index contributed by atoms with van der Waals surface area (Å²) in [6.45, 7) is 4.27. The van der Waals surface area contributed by atoms with E-state index in [1.807, 2.05) is 18.7 Å². The molecule has 1 aromatic heterocycles. The number of carbonyl (C=O) groups is 2. The highest BCUT2D eigenvalue weighted by molar-refractivity contribution is 7.90. The standard InChI is InChI=1S/C24H28F4N6O5S/c1-13(2)18-12-32(15-4-5-17(25)19(8-15)40(3,38)39)6-7-34(18)22-29-9-16(20(31-22)24(26,27)28)21(35)33-10-14(11-33)30-23(36)37/h4-5,8-9,13-14,18,30H,6-7,10-12H2,1-3H3,(H,36,37). The Labute approximate surface area is 227 Å². The SMILES string of the molecule is CC(C)C1CN(c2ccc(F)c(S(C)(=O)=O)c2)CCN1c1ncc(C(=O)N2CC(NC(=O)O)C2)c(C(F)(F)F)n1. The molecule has 11 nitrogen and oxygen atoms in total. The number of carboxylic acid groups (broad SMARTS) is 1. The van der Waals surface area contributed by atoms with E-state index in [4.69, 9.17) is 5.11 Å². The summed E-state index contributed by atoms with van der Waals surface area (Å²) >= 11 is 0. The van der Waals surface area contributed by atoms with Crippen LogP contribution in [0.2, 0.25) is 0 Å². The van der Waals surface area contributed by atoms with Crippen LogP contribution in [-0.2, 0) is 16.0 Å². The Balaban J connectivity index is 1.59. The predicted molar refractivity (Wildman–Crippen MR) is 136 cm³/mol. The molecule has 40 heavy (non-hydrogen) atoms. The summed E-state index contributed by atoms with van der Waals surface area (Å²) in [7, 11) is -3.82. The maximum atomic E-state index is 14.1. The monoisotopic (exact) mass is 588 g/mol. The number of hydrogen-bond donors (Lipinski definition) is 2. The Morgan fingerprint density at radius 2 is 1.82 bits per heavy atom. The van der Waals surface area contributed by atoms with Gasteiger partial charge in [0.25, 0.3) is 5.91 Å². The number of sulfone groups is 1. The molecule has 2 N–H and O–H groups in total. The van der Waals surface area contributed by atoms with Gasteiger partial charge in [0, 0.05) is 50.9 Å². The van der Waals surface area contributed by atoms with Crippen LogP contribution in [0.3, 0.4) is 0 Å². The third-order valence-corrected chi connectivity index (χ3v) is 8.01. The van der Waals surface area contributed by atoms with E-state index < -0.39 is 62.1 Å². The van der Waals surface area contributed by atoms with Crippen LogP contribution in [0.4, 0.5) is 34.0 Å². The number of carbonyl (C=O) groups excluding carboxylic acids is 1. The summed E-state index contributed by atoms with van der Waals surface area (Å²) in [5, 5.41) is 10.9. The Morgan fingerprint density at radius 3 is 2.40 bits per heavy atom. The van der Waals surface area contributed by atoms with Gasteiger partial charge in [0.1, 0.15) is 10.7 Å². The molecule has 218 valence electrons. The minimum absolute atomic E-state index is 0.0774. The van der Waals surface area contributed by atoms with E-state index in [0.29, 0.717) is 5.69 Å². The number of nitrogens with zero attached hydrogens (tertiary/aromatic N) is 5. The highest BCUT2D eigenvalue weighted by atomic mass is 32.2. The van der Waals surface area contributed by atoms with Crippen LogP contribution >= 0.6 is 0 Å². The second-order valence-corrected chi connectivity index (χ2v) is 12.1. The van der Waals surface area contributed by atoms with Crippen LogP contribution < -0.4 is 15.1 Å². The van der Waals surface area contributed by atoms with Crippen LogP contribution in [-0.4, -0.2) is 91.5 Å². The van der Waals surface area contributed by atoms with Gasteiger partial charge in [-0.05, 0) is 24.1 Å². The first kappa shape index (κ1) is 29.3. The van der Waals surface area contributed by atoms with Crippen LogP contribution in [0.1, 0.15) is 29.9 Å². The van der Waals surface area contributed by atoms with E-state index in [-0.39, 0.29) is 44.6 Å². The Kier molecular flexibility index (Phi) is 7.84. The van der Waals surface area contributed by atoms with Crippen LogP contribution in [0.5, 0.6) is 0 Å². The Bertz CT molecular complexity index is 1410. The largest absolute Gasteiger partial charge is 0.465 e. The first-order valence-electron chi connectivity index (χ1n) is 12.3. The predicted octanol–water partition coefficient (Wildman–Crippen LogP) is 2.48. The Morgan fingerprint density at radius 1 is 1.15 bits per heavy atom. The van der Waals surface area contributed by atoms with Crippen molar-refractivity contribution in [2.45, 2.75) is 37.0 Å². The number of piperazine rings is 1. The van der Waals surface area contributed by atoms with Gasteiger partial charge in [-0.25, -0.2) is 27.6 Å². The summed E-state index contributed by atoms with van der Waals surface area (Å²) in [6.07, 6.45) is -4.51. The first-order valence-corrected chi connectivity index (χ1v) is 14.2. The minimum Gasteiger partial charge on any atom is -0.465 e. The zero-order chi connectivity index (χ0) is 29.6. The lowest BCUT2D eigenvalue weighted by molar-refractivity contribution is -0.141. The summed E-state index contributed by atoms with van der Waals surface area (Å²) in [5.41, 5.74) is -1.67. The number of benzene rings is 1. The zero-order valence-corrected chi connectivity index (χ0v) is 22.6. The zero-order valence-electron chi connectivity index (χ0n) is 21.8. The summed E-state index contributed by atoms with van der Waals surface area (Å²) in [4.78, 5) is 35.5. The van der Waals surface area contributed by atoms with Crippen molar-refractivity contribution in [1.29, 1.82) is 0 Å². The molecule has 1 atom stereocenters. The molecule has 2 aliphatic heterocycles. The van der Waals surface area contributed by atoms with Gasteiger partial charge in [-0.2, -0.15) is 13.2 Å².